The molecule has 1 saturated heterocycles. The van der Waals surface area contributed by atoms with Gasteiger partial charge in [-0.3, -0.25) is 19.2 Å². The minimum atomic E-state index is -1.13. The summed E-state index contributed by atoms with van der Waals surface area (Å²) in [7, 11) is 0. The van der Waals surface area contributed by atoms with Crippen LogP contribution in [-0.2, 0) is 30.4 Å². The maximum absolute atomic E-state index is 13.2. The molecule has 4 atom stereocenters. The Morgan fingerprint density at radius 1 is 1.09 bits per heavy atom. The van der Waals surface area contributed by atoms with Gasteiger partial charge in [0.25, 0.3) is 0 Å². The van der Waals surface area contributed by atoms with Crippen molar-refractivity contribution in [3.05, 3.63) is 29.8 Å². The Bertz CT molecular complexity index is 920. The van der Waals surface area contributed by atoms with Crippen molar-refractivity contribution < 1.29 is 39.3 Å². The summed E-state index contributed by atoms with van der Waals surface area (Å²) in [6.45, 7) is 1.62. The summed E-state index contributed by atoms with van der Waals surface area (Å²) in [4.78, 5) is 61.5. The van der Waals surface area contributed by atoms with Gasteiger partial charge in [-0.05, 0) is 43.9 Å². The minimum Gasteiger partial charge on any atom is -0.508 e. The van der Waals surface area contributed by atoms with Crippen molar-refractivity contribution in [3.63, 3.8) is 0 Å². The number of hydrogen-bond donors (Lipinski definition) is 6. The largest absolute Gasteiger partial charge is 0.508 e. The zero-order valence-corrected chi connectivity index (χ0v) is 18.8. The molecule has 0 spiro atoms. The number of phenolic OH excluding ortho intramolecular Hbond substituents is 1. The van der Waals surface area contributed by atoms with E-state index in [1.807, 2.05) is 0 Å². The molecule has 1 fully saturated rings. The van der Waals surface area contributed by atoms with E-state index in [-0.39, 0.29) is 31.6 Å². The number of aliphatic carboxylic acids is 2. The lowest BCUT2D eigenvalue weighted by Crippen LogP contribution is -2.57. The molecule has 34 heavy (non-hydrogen) atoms. The van der Waals surface area contributed by atoms with Crippen molar-refractivity contribution in [1.29, 1.82) is 0 Å². The second-order valence-corrected chi connectivity index (χ2v) is 8.23. The van der Waals surface area contributed by atoms with Gasteiger partial charge < -0.3 is 36.6 Å². The van der Waals surface area contributed by atoms with E-state index in [1.165, 1.54) is 24.0 Å². The number of likely N-dealkylation sites (tertiary alicyclic amines) is 1. The third-order valence-electron chi connectivity index (χ3n) is 5.57. The van der Waals surface area contributed by atoms with Crippen LogP contribution in [0.4, 0.5) is 0 Å². The normalized spacial score (nSPS) is 17.9. The average molecular weight is 479 g/mol. The van der Waals surface area contributed by atoms with Crippen molar-refractivity contribution >= 4 is 29.7 Å². The Morgan fingerprint density at radius 2 is 1.74 bits per heavy atom. The fourth-order valence-electron chi connectivity index (χ4n) is 3.65. The van der Waals surface area contributed by atoms with Gasteiger partial charge in [-0.15, -0.1) is 0 Å². The molecule has 3 amide bonds. The van der Waals surface area contributed by atoms with Crippen LogP contribution in [-0.4, -0.2) is 80.6 Å². The summed E-state index contributed by atoms with van der Waals surface area (Å²) in [5.41, 5.74) is 6.28. The summed E-state index contributed by atoms with van der Waals surface area (Å²) in [6, 6.07) is 1.69. The molecule has 7 N–H and O–H groups in total. The lowest BCUT2D eigenvalue weighted by molar-refractivity contribution is -0.149. The molecule has 1 heterocycles. The van der Waals surface area contributed by atoms with Crippen molar-refractivity contribution in [3.8, 4) is 5.75 Å². The zero-order chi connectivity index (χ0) is 25.4. The van der Waals surface area contributed by atoms with Crippen LogP contribution in [0.1, 0.15) is 38.2 Å². The van der Waals surface area contributed by atoms with E-state index in [0.29, 0.717) is 18.4 Å². The molecule has 12 nitrogen and oxygen atoms in total. The van der Waals surface area contributed by atoms with Crippen LogP contribution in [0.2, 0.25) is 0 Å². The van der Waals surface area contributed by atoms with E-state index in [0.717, 1.165) is 0 Å². The fraction of sp³-hybridized carbons (Fsp3) is 0.500. The van der Waals surface area contributed by atoms with E-state index in [2.05, 4.69) is 10.6 Å². The maximum Gasteiger partial charge on any atom is 0.326 e. The number of carbonyl (C=O) groups is 5. The summed E-state index contributed by atoms with van der Waals surface area (Å²) in [5, 5.41) is 32.6. The molecule has 0 saturated carbocycles. The van der Waals surface area contributed by atoms with Gasteiger partial charge in [-0.2, -0.15) is 0 Å². The van der Waals surface area contributed by atoms with Crippen LogP contribution in [0, 0.1) is 0 Å². The molecule has 0 aromatic heterocycles. The number of nitrogens with two attached hydrogens (primary N) is 1. The number of carboxylic acids is 2. The quantitative estimate of drug-likeness (QED) is 0.235. The molecule has 1 aliphatic rings. The molecule has 1 aromatic carbocycles. The Balaban J connectivity index is 2.11. The highest BCUT2D eigenvalue weighted by molar-refractivity contribution is 5.94. The SMILES string of the molecule is CC(NC(=O)C(N)CCC(=O)O)C(=O)NC(Cc1ccc(O)cc1)C(=O)N1CCCC1C(=O)O. The standard InChI is InChI=1S/C22H30N4O8/c1-12(24-20(31)15(23)8-9-18(28)29)19(30)25-16(11-13-4-6-14(27)7-5-13)21(32)26-10-2-3-17(26)22(33)34/h4-7,12,15-17,27H,2-3,8-11,23H2,1H3,(H,24,31)(H,25,30)(H,28,29)(H,33,34). The summed E-state index contributed by atoms with van der Waals surface area (Å²) >= 11 is 0. The number of hydrogen-bond acceptors (Lipinski definition) is 7. The number of nitrogens with one attached hydrogen (secondary N) is 2. The van der Waals surface area contributed by atoms with Gasteiger partial charge in [0.05, 0.1) is 6.04 Å². The zero-order valence-electron chi connectivity index (χ0n) is 18.8. The van der Waals surface area contributed by atoms with Crippen molar-refractivity contribution in [1.82, 2.24) is 15.5 Å². The predicted octanol–water partition coefficient (Wildman–Crippen LogP) is -0.808. The van der Waals surface area contributed by atoms with Gasteiger partial charge in [0.2, 0.25) is 17.7 Å². The van der Waals surface area contributed by atoms with Crippen LogP contribution < -0.4 is 16.4 Å². The van der Waals surface area contributed by atoms with Crippen LogP contribution >= 0.6 is 0 Å². The summed E-state index contributed by atoms with van der Waals surface area (Å²) < 4.78 is 0. The molecular formula is C22H30N4O8. The Morgan fingerprint density at radius 3 is 2.32 bits per heavy atom. The molecule has 2 rings (SSSR count). The number of nitrogens with zero attached hydrogens (tertiary/aromatic N) is 1. The summed E-state index contributed by atoms with van der Waals surface area (Å²) in [5.74, 6) is -4.18. The number of benzene rings is 1. The predicted molar refractivity (Wildman–Crippen MR) is 119 cm³/mol. The molecule has 0 bridgehead atoms. The second-order valence-electron chi connectivity index (χ2n) is 8.23. The van der Waals surface area contributed by atoms with Crippen molar-refractivity contribution in [2.45, 2.75) is 63.2 Å². The number of phenols is 1. The van der Waals surface area contributed by atoms with Gasteiger partial charge in [0.15, 0.2) is 0 Å². The number of aromatic hydroxyl groups is 1. The smallest absolute Gasteiger partial charge is 0.326 e. The Labute approximate surface area is 196 Å². The lowest BCUT2D eigenvalue weighted by Gasteiger charge is -2.28. The molecule has 186 valence electrons. The first-order valence-electron chi connectivity index (χ1n) is 10.9. The molecule has 4 unspecified atom stereocenters. The van der Waals surface area contributed by atoms with Crippen LogP contribution in [0.25, 0.3) is 0 Å². The highest BCUT2D eigenvalue weighted by Gasteiger charge is 2.38. The molecule has 1 aliphatic heterocycles. The first-order valence-corrected chi connectivity index (χ1v) is 10.9. The molecule has 12 heteroatoms. The third-order valence-corrected chi connectivity index (χ3v) is 5.57. The maximum atomic E-state index is 13.2. The number of carboxylic acid groups (broad SMARTS) is 2. The van der Waals surface area contributed by atoms with Gasteiger partial charge >= 0.3 is 11.9 Å². The van der Waals surface area contributed by atoms with Crippen molar-refractivity contribution in [2.24, 2.45) is 5.73 Å². The van der Waals surface area contributed by atoms with Gasteiger partial charge in [-0.1, -0.05) is 12.1 Å². The summed E-state index contributed by atoms with van der Waals surface area (Å²) in [6.07, 6.45) is 0.444. The van der Waals surface area contributed by atoms with Gasteiger partial charge in [0, 0.05) is 19.4 Å². The molecule has 0 aliphatic carbocycles. The Hall–Kier alpha value is -3.67. The highest BCUT2D eigenvalue weighted by Crippen LogP contribution is 2.20. The molecule has 0 radical (unpaired) electrons. The molecular weight excluding hydrogens is 448 g/mol. The lowest BCUT2D eigenvalue weighted by atomic mass is 10.0. The second kappa shape index (κ2) is 12.0. The molecule has 1 aromatic rings. The van der Waals surface area contributed by atoms with Crippen LogP contribution in [0.5, 0.6) is 5.75 Å². The van der Waals surface area contributed by atoms with Crippen LogP contribution in [0.15, 0.2) is 24.3 Å². The number of amides is 3. The van der Waals surface area contributed by atoms with Gasteiger partial charge in [-0.25, -0.2) is 4.79 Å². The number of carbonyl (C=O) groups excluding carboxylic acids is 3. The average Bonchev–Trinajstić information content (AvgIpc) is 3.28. The first-order chi connectivity index (χ1) is 16.0. The highest BCUT2D eigenvalue weighted by atomic mass is 16.4. The fourth-order valence-corrected chi connectivity index (χ4v) is 3.65. The Kier molecular flexibility index (Phi) is 9.36. The minimum absolute atomic E-state index is 0.0247. The van der Waals surface area contributed by atoms with E-state index < -0.39 is 53.8 Å². The first kappa shape index (κ1) is 26.6. The van der Waals surface area contributed by atoms with Crippen LogP contribution in [0.3, 0.4) is 0 Å². The van der Waals surface area contributed by atoms with Crippen molar-refractivity contribution in [2.75, 3.05) is 6.54 Å². The van der Waals surface area contributed by atoms with E-state index in [1.54, 1.807) is 12.1 Å². The number of rotatable bonds is 11. The van der Waals surface area contributed by atoms with E-state index in [9.17, 15) is 34.2 Å². The van der Waals surface area contributed by atoms with E-state index >= 15 is 0 Å². The van der Waals surface area contributed by atoms with E-state index in [4.69, 9.17) is 10.8 Å². The van der Waals surface area contributed by atoms with Gasteiger partial charge in [0.1, 0.15) is 23.9 Å². The third kappa shape index (κ3) is 7.44. The monoisotopic (exact) mass is 478 g/mol. The topological polar surface area (TPSA) is 199 Å².